The van der Waals surface area contributed by atoms with Gasteiger partial charge < -0.3 is 25.4 Å². The first-order valence-electron chi connectivity index (χ1n) is 12.7. The normalized spacial score (nSPS) is 19.6. The highest BCUT2D eigenvalue weighted by Gasteiger charge is 2.49. The Hall–Kier alpha value is -4.31. The molecule has 4 heterocycles. The van der Waals surface area contributed by atoms with Crippen molar-refractivity contribution in [1.29, 1.82) is 0 Å². The molecular weight excluding hydrogens is 524 g/mol. The van der Waals surface area contributed by atoms with Crippen molar-refractivity contribution in [3.8, 4) is 11.8 Å². The number of pyridine rings is 1. The van der Waals surface area contributed by atoms with Crippen molar-refractivity contribution in [3.63, 3.8) is 0 Å². The molecule has 40 heavy (non-hydrogen) atoms. The second-order valence-corrected chi connectivity index (χ2v) is 10.3. The van der Waals surface area contributed by atoms with E-state index in [1.54, 1.807) is 46.9 Å². The monoisotopic (exact) mass is 555 g/mol. The van der Waals surface area contributed by atoms with E-state index >= 15 is 4.39 Å². The molecule has 1 amide bonds. The molecule has 3 N–H and O–H groups in total. The molecule has 0 unspecified atom stereocenters. The van der Waals surface area contributed by atoms with Gasteiger partial charge in [0.1, 0.15) is 34.5 Å². The van der Waals surface area contributed by atoms with Gasteiger partial charge in [0.05, 0.1) is 25.4 Å². The quantitative estimate of drug-likeness (QED) is 0.359. The van der Waals surface area contributed by atoms with Gasteiger partial charge in [-0.2, -0.15) is 0 Å². The van der Waals surface area contributed by atoms with Crippen LogP contribution in [0.1, 0.15) is 62.7 Å². The number of hydrogen-bond acceptors (Lipinski definition) is 9. The summed E-state index contributed by atoms with van der Waals surface area (Å²) >= 11 is 0. The molecule has 0 aromatic carbocycles. The molecule has 4 rings (SSSR count). The molecule has 1 aliphatic heterocycles. The Morgan fingerprint density at radius 2 is 2.10 bits per heavy atom. The van der Waals surface area contributed by atoms with E-state index in [0.29, 0.717) is 0 Å². The molecule has 0 bridgehead atoms. The Labute approximate surface area is 230 Å². The molecule has 0 radical (unpaired) electrons. The van der Waals surface area contributed by atoms with Gasteiger partial charge in [0.15, 0.2) is 11.5 Å². The first-order chi connectivity index (χ1) is 18.8. The number of nitrogens with zero attached hydrogens (tertiary/aromatic N) is 5. The standard InChI is InChI=1S/C27H31F2N7O4/c1-6-39-24(37)21-22-31-10-7-11-36(22)34-23(21)35-15-18(29)13-27(35,30)19-12-17(28)14-32-20(19)9-8-16(2)33-25(38)40-26(3,4)5/h7,10-12,14,16,18H,6,13,15,30H2,1-5H3,(H,33,38)/t16-,18+,27-/m1/s1. The third-order valence-corrected chi connectivity index (χ3v) is 5.97. The van der Waals surface area contributed by atoms with Crippen LogP contribution in [0.4, 0.5) is 19.4 Å². The molecule has 0 aliphatic carbocycles. The summed E-state index contributed by atoms with van der Waals surface area (Å²) in [5.74, 6) is 4.26. The fourth-order valence-electron chi connectivity index (χ4n) is 4.42. The van der Waals surface area contributed by atoms with Crippen molar-refractivity contribution in [1.82, 2.24) is 24.9 Å². The molecule has 13 heteroatoms. The minimum atomic E-state index is -1.69. The molecule has 0 spiro atoms. The molecule has 3 aromatic rings. The Kier molecular flexibility index (Phi) is 7.93. The van der Waals surface area contributed by atoms with Gasteiger partial charge in [-0.25, -0.2) is 32.9 Å². The molecule has 0 saturated carbocycles. The number of anilines is 1. The second kappa shape index (κ2) is 11.1. The maximum Gasteiger partial charge on any atom is 0.408 e. The van der Waals surface area contributed by atoms with Crippen molar-refractivity contribution in [2.45, 2.75) is 64.5 Å². The van der Waals surface area contributed by atoms with Crippen LogP contribution in [0.3, 0.4) is 0 Å². The zero-order valence-corrected chi connectivity index (χ0v) is 22.9. The van der Waals surface area contributed by atoms with Crippen molar-refractivity contribution in [2.24, 2.45) is 5.73 Å². The van der Waals surface area contributed by atoms with Crippen LogP contribution in [0.15, 0.2) is 30.7 Å². The molecule has 212 valence electrons. The van der Waals surface area contributed by atoms with Crippen LogP contribution in [0, 0.1) is 17.7 Å². The SMILES string of the molecule is CCOC(=O)c1c(N2C[C@@H](F)C[C@]2(N)c2cc(F)cnc2C#C[C@@H](C)NC(=O)OC(C)(C)C)nn2cccnc12. The van der Waals surface area contributed by atoms with Crippen LogP contribution >= 0.6 is 0 Å². The summed E-state index contributed by atoms with van der Waals surface area (Å²) in [6.45, 7) is 8.33. The van der Waals surface area contributed by atoms with Gasteiger partial charge in [-0.1, -0.05) is 5.92 Å². The van der Waals surface area contributed by atoms with Crippen molar-refractivity contribution < 1.29 is 27.8 Å². The van der Waals surface area contributed by atoms with Crippen LogP contribution in [-0.2, 0) is 15.1 Å². The zero-order valence-electron chi connectivity index (χ0n) is 22.9. The summed E-state index contributed by atoms with van der Waals surface area (Å²) in [4.78, 5) is 34.8. The van der Waals surface area contributed by atoms with Crippen molar-refractivity contribution in [2.75, 3.05) is 18.1 Å². The summed E-state index contributed by atoms with van der Waals surface area (Å²) in [5.41, 5.74) is 4.80. The van der Waals surface area contributed by atoms with E-state index in [2.05, 4.69) is 32.2 Å². The van der Waals surface area contributed by atoms with E-state index < -0.39 is 41.4 Å². The number of fused-ring (bicyclic) bond motifs is 1. The number of carbonyl (C=O) groups is 2. The number of carbonyl (C=O) groups excluding carboxylic acids is 2. The second-order valence-electron chi connectivity index (χ2n) is 10.3. The van der Waals surface area contributed by atoms with E-state index in [1.807, 2.05) is 0 Å². The molecular formula is C27H31F2N7O4. The Balaban J connectivity index is 1.77. The van der Waals surface area contributed by atoms with Gasteiger partial charge in [0.2, 0.25) is 0 Å². The largest absolute Gasteiger partial charge is 0.462 e. The number of nitrogens with two attached hydrogens (primary N) is 1. The van der Waals surface area contributed by atoms with Crippen LogP contribution in [0.5, 0.6) is 0 Å². The maximum atomic E-state index is 15.1. The van der Waals surface area contributed by atoms with Gasteiger partial charge in [-0.05, 0) is 52.7 Å². The van der Waals surface area contributed by atoms with Crippen LogP contribution in [-0.4, -0.2) is 62.6 Å². The number of ether oxygens (including phenoxy) is 2. The zero-order chi connectivity index (χ0) is 29.2. The van der Waals surface area contributed by atoms with Gasteiger partial charge in [-0.15, -0.1) is 5.10 Å². The highest BCUT2D eigenvalue weighted by Crippen LogP contribution is 2.41. The minimum Gasteiger partial charge on any atom is -0.462 e. The van der Waals surface area contributed by atoms with E-state index in [-0.39, 0.29) is 47.9 Å². The lowest BCUT2D eigenvalue weighted by molar-refractivity contribution is 0.0512. The minimum absolute atomic E-state index is 0.00134. The van der Waals surface area contributed by atoms with E-state index in [9.17, 15) is 14.0 Å². The van der Waals surface area contributed by atoms with Gasteiger partial charge >= 0.3 is 12.1 Å². The van der Waals surface area contributed by atoms with Crippen LogP contribution < -0.4 is 16.0 Å². The van der Waals surface area contributed by atoms with Crippen molar-refractivity contribution >= 4 is 23.5 Å². The first kappa shape index (κ1) is 28.7. The predicted octanol–water partition coefficient (Wildman–Crippen LogP) is 3.06. The summed E-state index contributed by atoms with van der Waals surface area (Å²) in [5, 5.41) is 7.06. The smallest absolute Gasteiger partial charge is 0.408 e. The third-order valence-electron chi connectivity index (χ3n) is 5.97. The average Bonchev–Trinajstić information content (AvgIpc) is 3.39. The third kappa shape index (κ3) is 5.96. The first-order valence-corrected chi connectivity index (χ1v) is 12.7. The molecule has 1 saturated heterocycles. The number of rotatable bonds is 5. The Morgan fingerprint density at radius 1 is 1.35 bits per heavy atom. The average molecular weight is 556 g/mol. The van der Waals surface area contributed by atoms with Gasteiger partial charge in [-0.3, -0.25) is 0 Å². The number of alkyl carbamates (subject to hydrolysis) is 1. The van der Waals surface area contributed by atoms with E-state index in [0.717, 1.165) is 12.3 Å². The Morgan fingerprint density at radius 3 is 2.80 bits per heavy atom. The number of alkyl halides is 1. The van der Waals surface area contributed by atoms with E-state index in [4.69, 9.17) is 15.2 Å². The summed E-state index contributed by atoms with van der Waals surface area (Å²) in [6, 6.07) is 2.08. The maximum absolute atomic E-state index is 15.1. The Bertz CT molecular complexity index is 1490. The number of hydrogen-bond donors (Lipinski definition) is 2. The van der Waals surface area contributed by atoms with Gasteiger partial charge in [0, 0.05) is 24.4 Å². The summed E-state index contributed by atoms with van der Waals surface area (Å²) < 4.78 is 41.5. The topological polar surface area (TPSA) is 137 Å². The molecule has 1 aliphatic rings. The lowest BCUT2D eigenvalue weighted by Gasteiger charge is -2.35. The lowest BCUT2D eigenvalue weighted by Crippen LogP contribution is -2.50. The number of nitrogens with one attached hydrogen (secondary N) is 1. The van der Waals surface area contributed by atoms with Gasteiger partial charge in [0.25, 0.3) is 0 Å². The lowest BCUT2D eigenvalue weighted by atomic mass is 9.94. The fourth-order valence-corrected chi connectivity index (χ4v) is 4.42. The number of aromatic nitrogens is 4. The fraction of sp³-hybridized carbons (Fsp3) is 0.444. The summed E-state index contributed by atoms with van der Waals surface area (Å²) in [6.07, 6.45) is 1.66. The molecule has 3 aromatic heterocycles. The number of esters is 1. The molecule has 11 nitrogen and oxygen atoms in total. The highest BCUT2D eigenvalue weighted by molar-refractivity contribution is 6.01. The van der Waals surface area contributed by atoms with E-state index in [1.165, 1.54) is 15.6 Å². The molecule has 1 fully saturated rings. The molecule has 3 atom stereocenters. The van der Waals surface area contributed by atoms with Crippen LogP contribution in [0.2, 0.25) is 0 Å². The highest BCUT2D eigenvalue weighted by atomic mass is 19.1. The number of halogens is 2. The number of amides is 1. The summed E-state index contributed by atoms with van der Waals surface area (Å²) in [7, 11) is 0. The predicted molar refractivity (Wildman–Crippen MR) is 142 cm³/mol. The van der Waals surface area contributed by atoms with Crippen LogP contribution in [0.25, 0.3) is 5.65 Å². The van der Waals surface area contributed by atoms with Crippen molar-refractivity contribution in [3.05, 3.63) is 53.4 Å².